The van der Waals surface area contributed by atoms with Crippen molar-refractivity contribution in [3.63, 3.8) is 0 Å². The van der Waals surface area contributed by atoms with Crippen LogP contribution in [0.15, 0.2) is 34.0 Å². The monoisotopic (exact) mass is 358 g/mol. The maximum Gasteiger partial charge on any atom is 0.313 e. The van der Waals surface area contributed by atoms with Gasteiger partial charge in [-0.2, -0.15) is 0 Å². The molecule has 0 unspecified atom stereocenters. The maximum absolute atomic E-state index is 13.2. The molecule has 0 radical (unpaired) electrons. The molecule has 1 aromatic carbocycles. The van der Waals surface area contributed by atoms with Crippen LogP contribution in [0.5, 0.6) is 0 Å². The Morgan fingerprint density at radius 2 is 2.30 bits per heavy atom. The number of carbonyl (C=O) groups is 1. The highest BCUT2D eigenvalue weighted by Crippen LogP contribution is 2.29. The number of hydrogen-bond acceptors (Lipinski definition) is 3. The van der Waals surface area contributed by atoms with Crippen LogP contribution in [0.4, 0.5) is 4.39 Å². The predicted molar refractivity (Wildman–Crippen MR) is 79.0 cm³/mol. The topological polar surface area (TPSA) is 55.1 Å². The zero-order valence-corrected chi connectivity index (χ0v) is 13.0. The first kappa shape index (κ1) is 15.1. The van der Waals surface area contributed by atoms with E-state index in [9.17, 15) is 9.18 Å². The number of aliphatic carboxylic acids is 1. The van der Waals surface area contributed by atoms with Crippen molar-refractivity contribution in [1.29, 1.82) is 0 Å². The summed E-state index contributed by atoms with van der Waals surface area (Å²) < 4.78 is 15.6. The van der Waals surface area contributed by atoms with Gasteiger partial charge in [0, 0.05) is 16.4 Å². The lowest BCUT2D eigenvalue weighted by atomic mass is 10.3. The number of carboxylic acid groups (broad SMARTS) is 1. The number of rotatable bonds is 5. The van der Waals surface area contributed by atoms with E-state index in [1.54, 1.807) is 12.3 Å². The van der Waals surface area contributed by atoms with E-state index in [0.29, 0.717) is 9.63 Å². The molecule has 2 rings (SSSR count). The second kappa shape index (κ2) is 6.41. The molecule has 0 aliphatic carbocycles. The third kappa shape index (κ3) is 3.21. The highest BCUT2D eigenvalue weighted by molar-refractivity contribution is 9.10. The number of hydrogen-bond donors (Lipinski definition) is 1. The minimum Gasteiger partial charge on any atom is -0.481 e. The first-order valence-corrected chi connectivity index (χ1v) is 7.67. The largest absolute Gasteiger partial charge is 0.481 e. The second-order valence-corrected chi connectivity index (χ2v) is 5.80. The third-order valence-electron chi connectivity index (χ3n) is 2.64. The summed E-state index contributed by atoms with van der Waals surface area (Å²) >= 11 is 4.47. The number of halogens is 2. The third-order valence-corrected chi connectivity index (χ3v) is 4.21. The van der Waals surface area contributed by atoms with Crippen LogP contribution in [0.25, 0.3) is 5.69 Å². The molecule has 0 saturated carbocycles. The normalized spacial score (nSPS) is 10.8. The van der Waals surface area contributed by atoms with Crippen LogP contribution in [0.2, 0.25) is 0 Å². The summed E-state index contributed by atoms with van der Waals surface area (Å²) in [5, 5.41) is 9.35. The molecular weight excluding hydrogens is 347 g/mol. The second-order valence-electron chi connectivity index (χ2n) is 4.00. The summed E-state index contributed by atoms with van der Waals surface area (Å²) in [6, 6.07) is 4.39. The highest BCUT2D eigenvalue weighted by Gasteiger charge is 2.15. The van der Waals surface area contributed by atoms with Gasteiger partial charge in [0.2, 0.25) is 0 Å². The average Bonchev–Trinajstić information content (AvgIpc) is 2.79. The molecule has 0 bridgehead atoms. The van der Waals surface area contributed by atoms with Crippen LogP contribution < -0.4 is 0 Å². The molecule has 1 heterocycles. The zero-order valence-electron chi connectivity index (χ0n) is 10.6. The van der Waals surface area contributed by atoms with Gasteiger partial charge in [-0.15, -0.1) is 0 Å². The Balaban J connectivity index is 2.47. The molecule has 0 spiro atoms. The molecule has 106 valence electrons. The summed E-state index contributed by atoms with van der Waals surface area (Å²) in [6.07, 6.45) is 2.45. The number of thioether (sulfide) groups is 1. The Bertz CT molecular complexity index is 645. The molecule has 4 nitrogen and oxygen atoms in total. The fourth-order valence-corrected chi connectivity index (χ4v) is 3.02. The maximum atomic E-state index is 13.2. The smallest absolute Gasteiger partial charge is 0.313 e. The molecule has 0 fully saturated rings. The molecule has 0 atom stereocenters. The summed E-state index contributed by atoms with van der Waals surface area (Å²) in [5.74, 6) is -1.31. The Hall–Kier alpha value is -1.34. The van der Waals surface area contributed by atoms with Gasteiger partial charge in [-0.3, -0.25) is 9.36 Å². The van der Waals surface area contributed by atoms with Crippen molar-refractivity contribution in [3.05, 3.63) is 40.4 Å². The van der Waals surface area contributed by atoms with Crippen LogP contribution in [0.3, 0.4) is 0 Å². The van der Waals surface area contributed by atoms with Crippen molar-refractivity contribution in [2.45, 2.75) is 18.5 Å². The molecule has 1 N–H and O–H groups in total. The van der Waals surface area contributed by atoms with E-state index in [-0.39, 0.29) is 11.6 Å². The van der Waals surface area contributed by atoms with Gasteiger partial charge in [0.25, 0.3) is 0 Å². The molecule has 0 saturated heterocycles. The summed E-state index contributed by atoms with van der Waals surface area (Å²) in [4.78, 5) is 14.9. The SMILES string of the molecule is CCc1cnc(SCC(=O)O)n1-c1ccc(F)cc1Br. The molecule has 0 amide bonds. The van der Waals surface area contributed by atoms with Gasteiger partial charge in [0.15, 0.2) is 5.16 Å². The molecule has 20 heavy (non-hydrogen) atoms. The number of aryl methyl sites for hydroxylation is 1. The number of imidazole rings is 1. The van der Waals surface area contributed by atoms with Gasteiger partial charge in [-0.05, 0) is 40.5 Å². The van der Waals surface area contributed by atoms with E-state index in [2.05, 4.69) is 20.9 Å². The minimum atomic E-state index is -0.902. The van der Waals surface area contributed by atoms with E-state index in [1.807, 2.05) is 11.5 Å². The van der Waals surface area contributed by atoms with Gasteiger partial charge in [0.05, 0.1) is 11.4 Å². The number of nitrogens with zero attached hydrogens (tertiary/aromatic N) is 2. The van der Waals surface area contributed by atoms with E-state index in [0.717, 1.165) is 29.6 Å². The predicted octanol–water partition coefficient (Wildman–Crippen LogP) is 3.51. The first-order chi connectivity index (χ1) is 9.52. The molecule has 0 aliphatic heterocycles. The van der Waals surface area contributed by atoms with Gasteiger partial charge in [0.1, 0.15) is 5.82 Å². The first-order valence-electron chi connectivity index (χ1n) is 5.89. The standard InChI is InChI=1S/C13H12BrFN2O2S/c1-2-9-6-16-13(20-7-12(18)19)17(9)11-4-3-8(15)5-10(11)14/h3-6H,2,7H2,1H3,(H,18,19). The Kier molecular flexibility index (Phi) is 4.82. The lowest BCUT2D eigenvalue weighted by molar-refractivity contribution is -0.133. The van der Waals surface area contributed by atoms with Gasteiger partial charge in [-0.25, -0.2) is 9.37 Å². The molecule has 2 aromatic rings. The van der Waals surface area contributed by atoms with Crippen molar-refractivity contribution < 1.29 is 14.3 Å². The summed E-state index contributed by atoms with van der Waals surface area (Å²) in [5.41, 5.74) is 1.68. The van der Waals surface area contributed by atoms with Crippen LogP contribution in [-0.2, 0) is 11.2 Å². The number of benzene rings is 1. The van der Waals surface area contributed by atoms with E-state index >= 15 is 0 Å². The van der Waals surface area contributed by atoms with Crippen molar-refractivity contribution in [2.24, 2.45) is 0 Å². The van der Waals surface area contributed by atoms with Gasteiger partial charge in [-0.1, -0.05) is 18.7 Å². The van der Waals surface area contributed by atoms with Crippen LogP contribution in [0.1, 0.15) is 12.6 Å². The zero-order chi connectivity index (χ0) is 14.7. The lowest BCUT2D eigenvalue weighted by Crippen LogP contribution is -2.05. The number of aromatic nitrogens is 2. The number of carboxylic acids is 1. The molecule has 1 aromatic heterocycles. The lowest BCUT2D eigenvalue weighted by Gasteiger charge is -2.12. The van der Waals surface area contributed by atoms with E-state index in [4.69, 9.17) is 5.11 Å². The van der Waals surface area contributed by atoms with Gasteiger partial charge >= 0.3 is 5.97 Å². The molecular formula is C13H12BrFN2O2S. The van der Waals surface area contributed by atoms with Crippen LogP contribution in [-0.4, -0.2) is 26.4 Å². The van der Waals surface area contributed by atoms with Crippen LogP contribution >= 0.6 is 27.7 Å². The summed E-state index contributed by atoms with van der Waals surface area (Å²) in [7, 11) is 0. The Labute approximate surface area is 128 Å². The fourth-order valence-electron chi connectivity index (χ4n) is 1.77. The van der Waals surface area contributed by atoms with Crippen molar-refractivity contribution >= 4 is 33.7 Å². The fraction of sp³-hybridized carbons (Fsp3) is 0.231. The van der Waals surface area contributed by atoms with Crippen molar-refractivity contribution in [2.75, 3.05) is 5.75 Å². The van der Waals surface area contributed by atoms with Gasteiger partial charge < -0.3 is 5.11 Å². The van der Waals surface area contributed by atoms with E-state index < -0.39 is 5.97 Å². The Morgan fingerprint density at radius 3 is 2.90 bits per heavy atom. The van der Waals surface area contributed by atoms with Crippen molar-refractivity contribution in [3.8, 4) is 5.69 Å². The van der Waals surface area contributed by atoms with Crippen molar-refractivity contribution in [1.82, 2.24) is 9.55 Å². The quantitative estimate of drug-likeness (QED) is 0.830. The van der Waals surface area contributed by atoms with Crippen LogP contribution in [0, 0.1) is 5.82 Å². The summed E-state index contributed by atoms with van der Waals surface area (Å²) in [6.45, 7) is 1.98. The van der Waals surface area contributed by atoms with E-state index in [1.165, 1.54) is 12.1 Å². The Morgan fingerprint density at radius 1 is 1.55 bits per heavy atom. The average molecular weight is 359 g/mol. The molecule has 7 heteroatoms. The minimum absolute atomic E-state index is 0.0705. The highest BCUT2D eigenvalue weighted by atomic mass is 79.9. The molecule has 0 aliphatic rings.